The molecule has 3 nitrogen and oxygen atoms in total. The summed E-state index contributed by atoms with van der Waals surface area (Å²) >= 11 is 1.58. The van der Waals surface area contributed by atoms with E-state index in [0.29, 0.717) is 6.42 Å². The first kappa shape index (κ1) is 18.8. The number of nitrogens with zero attached hydrogens (tertiary/aromatic N) is 1. The molecule has 138 valence electrons. The average Bonchev–Trinajstić information content (AvgIpc) is 3.27. The van der Waals surface area contributed by atoms with Gasteiger partial charge in [-0.2, -0.15) is 0 Å². The zero-order chi connectivity index (χ0) is 17.6. The van der Waals surface area contributed by atoms with Gasteiger partial charge in [-0.3, -0.25) is 9.52 Å². The van der Waals surface area contributed by atoms with E-state index in [2.05, 4.69) is 29.5 Å². The normalized spacial score (nSPS) is 15.5. The van der Waals surface area contributed by atoms with Crippen molar-refractivity contribution in [2.24, 2.45) is 0 Å². The smallest absolute Gasteiger partial charge is 0.234 e. The molecule has 1 aromatic carbocycles. The van der Waals surface area contributed by atoms with Crippen LogP contribution in [-0.4, -0.2) is 36.2 Å². The van der Waals surface area contributed by atoms with Gasteiger partial charge in [-0.05, 0) is 92.4 Å². The van der Waals surface area contributed by atoms with Crippen molar-refractivity contribution in [3.8, 4) is 0 Å². The molecule has 0 spiro atoms. The molecule has 1 aromatic rings. The van der Waals surface area contributed by atoms with Crippen LogP contribution in [0.5, 0.6) is 0 Å². The summed E-state index contributed by atoms with van der Waals surface area (Å²) < 4.78 is 3.08. The quantitative estimate of drug-likeness (QED) is 0.538. The number of amides is 1. The number of aryl methyl sites for hydroxylation is 2. The van der Waals surface area contributed by atoms with Gasteiger partial charge in [0.2, 0.25) is 5.91 Å². The fraction of sp³-hybridized carbons (Fsp3) is 0.667. The summed E-state index contributed by atoms with van der Waals surface area (Å²) in [6.07, 6.45) is 8.97. The highest BCUT2D eigenvalue weighted by atomic mass is 32.2. The molecule has 0 unspecified atom stereocenters. The van der Waals surface area contributed by atoms with Crippen LogP contribution >= 0.6 is 11.9 Å². The molecule has 2 aliphatic carbocycles. The van der Waals surface area contributed by atoms with E-state index in [1.807, 2.05) is 0 Å². The Hall–Kier alpha value is -1.00. The predicted octanol–water partition coefficient (Wildman–Crippen LogP) is 3.70. The number of nitrogens with one attached hydrogen (secondary N) is 1. The first-order chi connectivity index (χ1) is 12.2. The third kappa shape index (κ3) is 4.59. The molecule has 0 aliphatic heterocycles. The molecule has 4 heteroatoms. The summed E-state index contributed by atoms with van der Waals surface area (Å²) in [5.41, 5.74) is 7.43. The Balaban J connectivity index is 1.51. The van der Waals surface area contributed by atoms with Crippen LogP contribution in [0.2, 0.25) is 0 Å². The molecule has 0 atom stereocenters. The lowest BCUT2D eigenvalue weighted by molar-refractivity contribution is -0.118. The summed E-state index contributed by atoms with van der Waals surface area (Å²) in [5.74, 6) is 1.18. The number of hydrogen-bond acceptors (Lipinski definition) is 3. The van der Waals surface area contributed by atoms with Gasteiger partial charge in [0.1, 0.15) is 0 Å². The van der Waals surface area contributed by atoms with E-state index in [-0.39, 0.29) is 5.91 Å². The zero-order valence-electron chi connectivity index (χ0n) is 15.8. The van der Waals surface area contributed by atoms with Gasteiger partial charge in [0.05, 0.1) is 6.42 Å². The van der Waals surface area contributed by atoms with Crippen molar-refractivity contribution >= 4 is 17.9 Å². The highest BCUT2D eigenvalue weighted by Crippen LogP contribution is 2.35. The molecular formula is C21H32N2OS. The Morgan fingerprint density at radius 1 is 1.08 bits per heavy atom. The lowest BCUT2D eigenvalue weighted by Gasteiger charge is -2.17. The summed E-state index contributed by atoms with van der Waals surface area (Å²) in [4.78, 5) is 14.9. The van der Waals surface area contributed by atoms with E-state index in [9.17, 15) is 4.79 Å². The van der Waals surface area contributed by atoms with Crippen molar-refractivity contribution in [2.45, 2.75) is 65.2 Å². The van der Waals surface area contributed by atoms with Gasteiger partial charge in [-0.15, -0.1) is 0 Å². The Kier molecular flexibility index (Phi) is 6.83. The topological polar surface area (TPSA) is 32.3 Å². The zero-order valence-corrected chi connectivity index (χ0v) is 16.6. The third-order valence-electron chi connectivity index (χ3n) is 5.74. The molecule has 0 saturated heterocycles. The van der Waals surface area contributed by atoms with Crippen LogP contribution in [0.15, 0.2) is 6.07 Å². The highest BCUT2D eigenvalue weighted by Gasteiger charge is 2.24. The molecule has 0 bridgehead atoms. The molecule has 2 aliphatic rings. The predicted molar refractivity (Wildman–Crippen MR) is 107 cm³/mol. The molecule has 0 aromatic heterocycles. The minimum atomic E-state index is 0.183. The molecule has 0 saturated carbocycles. The van der Waals surface area contributed by atoms with E-state index in [4.69, 9.17) is 0 Å². The van der Waals surface area contributed by atoms with E-state index in [0.717, 1.165) is 31.8 Å². The van der Waals surface area contributed by atoms with Crippen molar-refractivity contribution in [1.29, 1.82) is 0 Å². The molecule has 3 rings (SSSR count). The maximum absolute atomic E-state index is 12.5. The minimum absolute atomic E-state index is 0.183. The second-order valence-corrected chi connectivity index (χ2v) is 8.17. The van der Waals surface area contributed by atoms with Crippen LogP contribution in [0.4, 0.5) is 0 Å². The fourth-order valence-electron chi connectivity index (χ4n) is 4.38. The number of benzene rings is 1. The second-order valence-electron chi connectivity index (χ2n) is 7.27. The molecular weight excluding hydrogens is 328 g/mol. The Morgan fingerprint density at radius 2 is 1.72 bits per heavy atom. The van der Waals surface area contributed by atoms with Crippen LogP contribution in [-0.2, 0) is 36.9 Å². The fourth-order valence-corrected chi connectivity index (χ4v) is 4.98. The highest BCUT2D eigenvalue weighted by molar-refractivity contribution is 7.97. The van der Waals surface area contributed by atoms with Gasteiger partial charge in [-0.1, -0.05) is 31.9 Å². The minimum Gasteiger partial charge on any atom is -0.304 e. The molecule has 25 heavy (non-hydrogen) atoms. The summed E-state index contributed by atoms with van der Waals surface area (Å²) in [6.45, 7) is 7.75. The molecule has 0 fully saturated rings. The van der Waals surface area contributed by atoms with Crippen LogP contribution in [0.25, 0.3) is 0 Å². The number of carbonyl (C=O) groups is 1. The van der Waals surface area contributed by atoms with Gasteiger partial charge in [0.15, 0.2) is 0 Å². The Morgan fingerprint density at radius 3 is 2.32 bits per heavy atom. The number of fused-ring (bicyclic) bond motifs is 2. The summed E-state index contributed by atoms with van der Waals surface area (Å²) in [6, 6.07) is 2.44. The lowest BCUT2D eigenvalue weighted by atomic mass is 9.92. The average molecular weight is 361 g/mol. The summed E-state index contributed by atoms with van der Waals surface area (Å²) in [7, 11) is 0. The monoisotopic (exact) mass is 360 g/mol. The van der Waals surface area contributed by atoms with Crippen molar-refractivity contribution in [3.63, 3.8) is 0 Å². The first-order valence-corrected chi connectivity index (χ1v) is 11.0. The van der Waals surface area contributed by atoms with Crippen LogP contribution in [0, 0.1) is 0 Å². The van der Waals surface area contributed by atoms with Gasteiger partial charge in [0.25, 0.3) is 0 Å². The van der Waals surface area contributed by atoms with Crippen LogP contribution < -0.4 is 4.72 Å². The second kappa shape index (κ2) is 9.09. The summed E-state index contributed by atoms with van der Waals surface area (Å²) in [5, 5.41) is 0. The van der Waals surface area contributed by atoms with Gasteiger partial charge in [-0.25, -0.2) is 0 Å². The van der Waals surface area contributed by atoms with Crippen molar-refractivity contribution in [2.75, 3.05) is 25.4 Å². The van der Waals surface area contributed by atoms with Crippen molar-refractivity contribution in [3.05, 3.63) is 33.9 Å². The van der Waals surface area contributed by atoms with E-state index < -0.39 is 0 Å². The van der Waals surface area contributed by atoms with Gasteiger partial charge >= 0.3 is 0 Å². The Bertz CT molecular complexity index is 578. The number of carbonyl (C=O) groups excluding carboxylic acids is 1. The van der Waals surface area contributed by atoms with E-state index in [1.54, 1.807) is 11.9 Å². The van der Waals surface area contributed by atoms with Gasteiger partial charge < -0.3 is 4.90 Å². The van der Waals surface area contributed by atoms with Crippen molar-refractivity contribution in [1.82, 2.24) is 9.62 Å². The van der Waals surface area contributed by atoms with Crippen LogP contribution in [0.3, 0.4) is 0 Å². The maximum Gasteiger partial charge on any atom is 0.234 e. The third-order valence-corrected chi connectivity index (χ3v) is 6.60. The van der Waals surface area contributed by atoms with Crippen LogP contribution in [0.1, 0.15) is 60.9 Å². The lowest BCUT2D eigenvalue weighted by Crippen LogP contribution is -2.25. The molecule has 0 radical (unpaired) electrons. The number of rotatable bonds is 9. The standard InChI is InChI=1S/C21H32N2OS/c1-3-23(4-2)12-7-13-25-22-21(24)15-20-18-10-5-8-16(18)14-17-9-6-11-19(17)20/h14H,3-13,15H2,1-2H3,(H,22,24). The maximum atomic E-state index is 12.5. The SMILES string of the molecule is CCN(CC)CCCSNC(=O)Cc1c2c(cc3c1CCC3)CCC2. The van der Waals surface area contributed by atoms with Gasteiger partial charge in [0, 0.05) is 5.75 Å². The first-order valence-electron chi connectivity index (χ1n) is 10.0. The molecule has 0 heterocycles. The van der Waals surface area contributed by atoms with E-state index >= 15 is 0 Å². The largest absolute Gasteiger partial charge is 0.304 e. The Labute approximate surface area is 157 Å². The van der Waals surface area contributed by atoms with E-state index in [1.165, 1.54) is 66.3 Å². The van der Waals surface area contributed by atoms with Crippen molar-refractivity contribution < 1.29 is 4.79 Å². The number of hydrogen-bond donors (Lipinski definition) is 1. The molecule has 1 N–H and O–H groups in total. The molecule has 1 amide bonds.